The molecule has 0 spiro atoms. The van der Waals surface area contributed by atoms with Gasteiger partial charge in [-0.05, 0) is 26.7 Å². The van der Waals surface area contributed by atoms with E-state index in [0.717, 1.165) is 19.3 Å². The molecule has 0 aliphatic heterocycles. The van der Waals surface area contributed by atoms with Crippen molar-refractivity contribution in [2.24, 2.45) is 11.3 Å². The van der Waals surface area contributed by atoms with Gasteiger partial charge in [0.25, 0.3) is 0 Å². The Morgan fingerprint density at radius 2 is 1.60 bits per heavy atom. The van der Waals surface area contributed by atoms with E-state index in [4.69, 9.17) is 9.47 Å². The largest absolute Gasteiger partial charge is 0.465 e. The third kappa shape index (κ3) is 12.3. The Hall–Kier alpha value is -0.710. The number of unbranched alkanes of at least 4 members (excludes halogenated alkanes) is 5. The van der Waals surface area contributed by atoms with Gasteiger partial charge in [0.15, 0.2) is 0 Å². The summed E-state index contributed by atoms with van der Waals surface area (Å²) < 4.78 is 10.6. The average Bonchev–Trinajstić information content (AvgIpc) is 2.59. The molecule has 0 aromatic heterocycles. The summed E-state index contributed by atoms with van der Waals surface area (Å²) in [7, 11) is 0. The highest BCUT2D eigenvalue weighted by Gasteiger charge is 2.29. The zero-order valence-corrected chi connectivity index (χ0v) is 17.7. The maximum atomic E-state index is 12.2. The van der Waals surface area contributed by atoms with Crippen LogP contribution in [0.15, 0.2) is 0 Å². The molecular weight excluding hydrogens is 336 g/mol. The van der Waals surface area contributed by atoms with Gasteiger partial charge < -0.3 is 9.47 Å². The first kappa shape index (κ1) is 24.3. The van der Waals surface area contributed by atoms with Crippen molar-refractivity contribution in [2.45, 2.75) is 79.6 Å². The minimum Gasteiger partial charge on any atom is -0.465 e. The van der Waals surface area contributed by atoms with E-state index in [9.17, 15) is 9.59 Å². The molecule has 0 aromatic carbocycles. The van der Waals surface area contributed by atoms with E-state index in [1.54, 1.807) is 11.8 Å². The van der Waals surface area contributed by atoms with Crippen molar-refractivity contribution in [3.63, 3.8) is 0 Å². The molecule has 0 fully saturated rings. The number of esters is 2. The molecule has 148 valence electrons. The van der Waals surface area contributed by atoms with Crippen LogP contribution in [0.1, 0.15) is 79.6 Å². The van der Waals surface area contributed by atoms with E-state index < -0.39 is 5.41 Å². The van der Waals surface area contributed by atoms with Gasteiger partial charge in [-0.15, -0.1) is 0 Å². The second kappa shape index (κ2) is 14.5. The lowest BCUT2D eigenvalue weighted by Crippen LogP contribution is -2.29. The van der Waals surface area contributed by atoms with Crippen LogP contribution in [0.25, 0.3) is 0 Å². The van der Waals surface area contributed by atoms with Crippen molar-refractivity contribution in [2.75, 3.05) is 24.7 Å². The maximum absolute atomic E-state index is 12.2. The standard InChI is InChI=1S/C20H38O4S/c1-6-8-9-10-11-12-13-24-19(22)20(4,5)16-25-15-14-23-18(21)17(3)7-2/h17H,6-16H2,1-5H3. The van der Waals surface area contributed by atoms with Crippen LogP contribution >= 0.6 is 11.8 Å². The van der Waals surface area contributed by atoms with Crippen LogP contribution in [-0.4, -0.2) is 36.7 Å². The highest BCUT2D eigenvalue weighted by atomic mass is 32.2. The lowest BCUT2D eigenvalue weighted by atomic mass is 9.97. The normalized spacial score (nSPS) is 12.7. The predicted molar refractivity (Wildman–Crippen MR) is 106 cm³/mol. The fourth-order valence-corrected chi connectivity index (χ4v) is 3.11. The number of hydrogen-bond acceptors (Lipinski definition) is 5. The first-order valence-electron chi connectivity index (χ1n) is 9.76. The number of carbonyl (C=O) groups excluding carboxylic acids is 2. The Balaban J connectivity index is 3.76. The molecular formula is C20H38O4S. The van der Waals surface area contributed by atoms with Crippen molar-refractivity contribution < 1.29 is 19.1 Å². The Bertz CT molecular complexity index is 369. The molecule has 0 aliphatic carbocycles. The molecule has 0 saturated carbocycles. The third-order valence-corrected chi connectivity index (χ3v) is 5.61. The first-order valence-corrected chi connectivity index (χ1v) is 10.9. The number of carbonyl (C=O) groups is 2. The quantitative estimate of drug-likeness (QED) is 0.290. The summed E-state index contributed by atoms with van der Waals surface area (Å²) in [6, 6.07) is 0. The average molecular weight is 375 g/mol. The molecule has 5 heteroatoms. The van der Waals surface area contributed by atoms with Gasteiger partial charge in [-0.25, -0.2) is 0 Å². The minimum absolute atomic E-state index is 0.0432. The lowest BCUT2D eigenvalue weighted by Gasteiger charge is -2.22. The van der Waals surface area contributed by atoms with E-state index in [1.807, 2.05) is 27.7 Å². The molecule has 0 N–H and O–H groups in total. The molecule has 0 bridgehead atoms. The number of rotatable bonds is 15. The molecule has 0 heterocycles. The molecule has 0 radical (unpaired) electrons. The zero-order valence-electron chi connectivity index (χ0n) is 16.9. The SMILES string of the molecule is CCCCCCCCOC(=O)C(C)(C)CSCCOC(=O)C(C)CC. The van der Waals surface area contributed by atoms with Gasteiger partial charge >= 0.3 is 11.9 Å². The summed E-state index contributed by atoms with van der Waals surface area (Å²) in [5, 5.41) is 0. The summed E-state index contributed by atoms with van der Waals surface area (Å²) in [5.41, 5.74) is -0.506. The van der Waals surface area contributed by atoms with Gasteiger partial charge in [0.1, 0.15) is 6.61 Å². The maximum Gasteiger partial charge on any atom is 0.312 e. The summed E-state index contributed by atoms with van der Waals surface area (Å²) in [6.45, 7) is 10.8. The van der Waals surface area contributed by atoms with Crippen LogP contribution in [0.4, 0.5) is 0 Å². The van der Waals surface area contributed by atoms with Crippen LogP contribution in [-0.2, 0) is 19.1 Å². The third-order valence-electron chi connectivity index (χ3n) is 4.23. The van der Waals surface area contributed by atoms with Crippen LogP contribution in [0, 0.1) is 11.3 Å². The number of ether oxygens (including phenoxy) is 2. The van der Waals surface area contributed by atoms with Crippen molar-refractivity contribution >= 4 is 23.7 Å². The van der Waals surface area contributed by atoms with Crippen LogP contribution in [0.2, 0.25) is 0 Å². The van der Waals surface area contributed by atoms with E-state index in [2.05, 4.69) is 6.92 Å². The lowest BCUT2D eigenvalue weighted by molar-refractivity contribution is -0.152. The van der Waals surface area contributed by atoms with Gasteiger partial charge in [0.05, 0.1) is 17.9 Å². The van der Waals surface area contributed by atoms with Crippen LogP contribution in [0.3, 0.4) is 0 Å². The van der Waals surface area contributed by atoms with Gasteiger partial charge in [-0.2, -0.15) is 11.8 Å². The molecule has 1 atom stereocenters. The Labute approximate surface area is 158 Å². The smallest absolute Gasteiger partial charge is 0.312 e. The highest BCUT2D eigenvalue weighted by molar-refractivity contribution is 7.99. The Kier molecular flexibility index (Phi) is 14.0. The molecule has 0 aliphatic rings. The second-order valence-electron chi connectivity index (χ2n) is 7.32. The number of hydrogen-bond donors (Lipinski definition) is 0. The summed E-state index contributed by atoms with van der Waals surface area (Å²) in [6.07, 6.45) is 7.90. The van der Waals surface area contributed by atoms with E-state index in [0.29, 0.717) is 24.7 Å². The summed E-state index contributed by atoms with van der Waals surface area (Å²) >= 11 is 1.62. The van der Waals surface area contributed by atoms with Crippen molar-refractivity contribution in [1.82, 2.24) is 0 Å². The fourth-order valence-electron chi connectivity index (χ4n) is 2.14. The van der Waals surface area contributed by atoms with Gasteiger partial charge in [-0.3, -0.25) is 9.59 Å². The van der Waals surface area contributed by atoms with Crippen molar-refractivity contribution in [1.29, 1.82) is 0 Å². The monoisotopic (exact) mass is 374 g/mol. The van der Waals surface area contributed by atoms with E-state index >= 15 is 0 Å². The molecule has 25 heavy (non-hydrogen) atoms. The fraction of sp³-hybridized carbons (Fsp3) is 0.900. The first-order chi connectivity index (χ1) is 11.8. The van der Waals surface area contributed by atoms with Gasteiger partial charge in [0.2, 0.25) is 0 Å². The molecule has 4 nitrogen and oxygen atoms in total. The van der Waals surface area contributed by atoms with Gasteiger partial charge in [-0.1, -0.05) is 52.9 Å². The highest BCUT2D eigenvalue weighted by Crippen LogP contribution is 2.24. The number of thioether (sulfide) groups is 1. The van der Waals surface area contributed by atoms with E-state index in [-0.39, 0.29) is 17.9 Å². The van der Waals surface area contributed by atoms with Crippen LogP contribution < -0.4 is 0 Å². The second-order valence-corrected chi connectivity index (χ2v) is 8.42. The molecule has 0 amide bonds. The summed E-state index contributed by atoms with van der Waals surface area (Å²) in [4.78, 5) is 23.7. The predicted octanol–water partition coefficient (Wildman–Crippen LogP) is 5.24. The van der Waals surface area contributed by atoms with Crippen LogP contribution in [0.5, 0.6) is 0 Å². The molecule has 0 aromatic rings. The Morgan fingerprint density at radius 1 is 0.960 bits per heavy atom. The van der Waals surface area contributed by atoms with Crippen molar-refractivity contribution in [3.05, 3.63) is 0 Å². The van der Waals surface area contributed by atoms with Gasteiger partial charge in [0, 0.05) is 11.5 Å². The Morgan fingerprint density at radius 3 is 2.24 bits per heavy atom. The zero-order chi connectivity index (χ0) is 19.1. The minimum atomic E-state index is -0.506. The summed E-state index contributed by atoms with van der Waals surface area (Å²) in [5.74, 6) is 1.06. The molecule has 0 saturated heterocycles. The molecule has 0 rings (SSSR count). The molecule has 1 unspecified atom stereocenters. The van der Waals surface area contributed by atoms with Crippen molar-refractivity contribution in [3.8, 4) is 0 Å². The van der Waals surface area contributed by atoms with E-state index in [1.165, 1.54) is 25.7 Å². The topological polar surface area (TPSA) is 52.6 Å².